The van der Waals surface area contributed by atoms with Crippen LogP contribution in [0, 0.1) is 0 Å². The molecule has 0 atom stereocenters. The van der Waals surface area contributed by atoms with Crippen molar-refractivity contribution >= 4 is 18.8 Å². The topological polar surface area (TPSA) is 9.23 Å². The van der Waals surface area contributed by atoms with Crippen molar-refractivity contribution in [3.63, 3.8) is 0 Å². The van der Waals surface area contributed by atoms with Gasteiger partial charge in [0.1, 0.15) is 9.76 Å². The van der Waals surface area contributed by atoms with Gasteiger partial charge in [0, 0.05) is 6.42 Å². The van der Waals surface area contributed by atoms with Crippen LogP contribution in [0.5, 0.6) is 0 Å². The normalized spacial score (nSPS) is 13.5. The van der Waals surface area contributed by atoms with Crippen LogP contribution in [0.15, 0.2) is 0 Å². The second-order valence-corrected chi connectivity index (χ2v) is 7.54. The van der Waals surface area contributed by atoms with Gasteiger partial charge in [-0.1, -0.05) is 0 Å². The average molecular weight is 216 g/mol. The lowest BCUT2D eigenvalue weighted by Crippen LogP contribution is -2.12. The molecular weight excluding hydrogens is 201 g/mol. The maximum absolute atomic E-state index is 11.6. The second kappa shape index (κ2) is 5.77. The Morgan fingerprint density at radius 2 is 1.92 bits per heavy atom. The van der Waals surface area contributed by atoms with Crippen LogP contribution < -0.4 is 0 Å². The van der Waals surface area contributed by atoms with E-state index in [2.05, 4.69) is 0 Å². The van der Waals surface area contributed by atoms with Crippen LogP contribution in [-0.2, 0) is 4.12 Å². The largest absolute Gasteiger partial charge is 0.463 e. The summed E-state index contributed by atoms with van der Waals surface area (Å²) in [4.78, 5) is 0. The summed E-state index contributed by atoms with van der Waals surface area (Å²) in [5.74, 6) is 0. The molecule has 0 spiro atoms. The van der Waals surface area contributed by atoms with E-state index in [1.165, 1.54) is 0 Å². The summed E-state index contributed by atoms with van der Waals surface area (Å²) in [7, 11) is -1.62. The molecule has 0 bridgehead atoms. The lowest BCUT2D eigenvalue weighted by atomic mass is 10.3. The first-order valence-corrected chi connectivity index (χ1v) is 8.46. The van der Waals surface area contributed by atoms with Crippen molar-refractivity contribution in [3.05, 3.63) is 0 Å². The maximum Gasteiger partial charge on any atom is 0.389 e. The predicted molar refractivity (Wildman–Crippen MR) is 48.6 cm³/mol. The Hall–Kier alpha value is 0.184. The summed E-state index contributed by atoms with van der Waals surface area (Å²) in [6.07, 6.45) is -4.39. The first-order valence-electron chi connectivity index (χ1n) is 4.10. The second-order valence-electron chi connectivity index (χ2n) is 2.99. The van der Waals surface area contributed by atoms with Crippen molar-refractivity contribution in [2.24, 2.45) is 0 Å². The molecule has 1 nitrogen and oxygen atoms in total. The molecule has 0 radical (unpaired) electrons. The minimum Gasteiger partial charge on any atom is -0.463 e. The van der Waals surface area contributed by atoms with Crippen LogP contribution in [0.4, 0.5) is 13.2 Å². The van der Waals surface area contributed by atoms with Gasteiger partial charge in [0.15, 0.2) is 9.04 Å². The van der Waals surface area contributed by atoms with Gasteiger partial charge in [-0.25, -0.2) is 0 Å². The van der Waals surface area contributed by atoms with E-state index in [1.807, 2.05) is 13.1 Å². The van der Waals surface area contributed by atoms with Gasteiger partial charge in [0.05, 0.1) is 0 Å². The highest BCUT2D eigenvalue weighted by atomic mass is 28.3. The third kappa shape index (κ3) is 10.2. The first kappa shape index (κ1) is 12.2. The Bertz CT molecular complexity index is 116. The van der Waals surface area contributed by atoms with E-state index in [-0.39, 0.29) is 6.42 Å². The molecule has 0 aliphatic heterocycles. The Balaban J connectivity index is 3.12. The fourth-order valence-corrected chi connectivity index (χ4v) is 3.75. The van der Waals surface area contributed by atoms with Crippen molar-refractivity contribution in [1.29, 1.82) is 0 Å². The summed E-state index contributed by atoms with van der Waals surface area (Å²) in [6.45, 7) is 4.08. The number of hydrogen-bond donors (Lipinski definition) is 0. The summed E-state index contributed by atoms with van der Waals surface area (Å²) in [5.41, 5.74) is 0. The van der Waals surface area contributed by atoms with Crippen molar-refractivity contribution in [3.8, 4) is 0 Å². The Labute approximate surface area is 75.0 Å². The molecule has 0 unspecified atom stereocenters. The van der Waals surface area contributed by atoms with Crippen LogP contribution in [-0.4, -0.2) is 25.0 Å². The van der Waals surface area contributed by atoms with E-state index in [9.17, 15) is 13.2 Å². The Kier molecular flexibility index (Phi) is 5.85. The first-order chi connectivity index (χ1) is 5.42. The lowest BCUT2D eigenvalue weighted by Gasteiger charge is -2.07. The van der Waals surface area contributed by atoms with Gasteiger partial charge < -0.3 is 4.12 Å². The molecule has 0 aromatic rings. The zero-order valence-corrected chi connectivity index (χ0v) is 10.0. The molecule has 0 amide bonds. The van der Waals surface area contributed by atoms with Gasteiger partial charge in [0.2, 0.25) is 0 Å². The SMILES string of the molecule is C[SiH](C)O[SiH2]CCCC(F)(F)F. The molecule has 0 fully saturated rings. The standard InChI is InChI=1S/C6H15F3OSi2/c1-12(2)10-11-5-3-4-6(7,8)9/h12H,3-5,11H2,1-2H3. The van der Waals surface area contributed by atoms with E-state index in [1.54, 1.807) is 0 Å². The van der Waals surface area contributed by atoms with E-state index >= 15 is 0 Å². The molecule has 0 saturated carbocycles. The molecule has 0 saturated heterocycles. The molecule has 12 heavy (non-hydrogen) atoms. The van der Waals surface area contributed by atoms with Gasteiger partial charge in [-0.05, 0) is 25.6 Å². The minimum absolute atomic E-state index is 0.247. The van der Waals surface area contributed by atoms with Crippen molar-refractivity contribution < 1.29 is 17.3 Å². The van der Waals surface area contributed by atoms with Gasteiger partial charge in [-0.2, -0.15) is 13.2 Å². The fraction of sp³-hybridized carbons (Fsp3) is 1.00. The molecule has 0 heterocycles. The third-order valence-corrected chi connectivity index (χ3v) is 5.70. The third-order valence-electron chi connectivity index (χ3n) is 1.31. The monoisotopic (exact) mass is 216 g/mol. The maximum atomic E-state index is 11.6. The van der Waals surface area contributed by atoms with Crippen LogP contribution in [0.1, 0.15) is 12.8 Å². The highest BCUT2D eigenvalue weighted by Crippen LogP contribution is 2.22. The van der Waals surface area contributed by atoms with Crippen molar-refractivity contribution in [1.82, 2.24) is 0 Å². The molecule has 0 aromatic heterocycles. The molecular formula is C6H15F3OSi2. The lowest BCUT2D eigenvalue weighted by molar-refractivity contribution is -0.134. The highest BCUT2D eigenvalue weighted by molar-refractivity contribution is 6.56. The zero-order chi connectivity index (χ0) is 9.61. The molecule has 0 aliphatic rings. The molecule has 0 aromatic carbocycles. The quantitative estimate of drug-likeness (QED) is 0.503. The fourth-order valence-electron chi connectivity index (χ4n) is 0.747. The van der Waals surface area contributed by atoms with Gasteiger partial charge >= 0.3 is 6.18 Å². The smallest absolute Gasteiger partial charge is 0.389 e. The van der Waals surface area contributed by atoms with Crippen LogP contribution in [0.3, 0.4) is 0 Å². The number of hydrogen-bond acceptors (Lipinski definition) is 1. The summed E-state index contributed by atoms with van der Waals surface area (Å²) in [6, 6.07) is 0.657. The van der Waals surface area contributed by atoms with Gasteiger partial charge in [-0.3, -0.25) is 0 Å². The molecule has 0 rings (SSSR count). The average Bonchev–Trinajstić information content (AvgIpc) is 1.83. The van der Waals surface area contributed by atoms with Crippen LogP contribution >= 0.6 is 0 Å². The van der Waals surface area contributed by atoms with E-state index in [0.717, 1.165) is 0 Å². The molecule has 74 valence electrons. The minimum atomic E-state index is -3.98. The van der Waals surface area contributed by atoms with Crippen molar-refractivity contribution in [2.75, 3.05) is 0 Å². The van der Waals surface area contributed by atoms with E-state index in [4.69, 9.17) is 4.12 Å². The predicted octanol–water partition coefficient (Wildman–Crippen LogP) is 1.83. The zero-order valence-electron chi connectivity index (χ0n) is 7.45. The summed E-state index contributed by atoms with van der Waals surface area (Å²) < 4.78 is 40.2. The summed E-state index contributed by atoms with van der Waals surface area (Å²) in [5, 5.41) is 0. The number of alkyl halides is 3. The van der Waals surface area contributed by atoms with Crippen molar-refractivity contribution in [2.45, 2.75) is 38.2 Å². The molecule has 6 heteroatoms. The van der Waals surface area contributed by atoms with Crippen LogP contribution in [0.25, 0.3) is 0 Å². The number of rotatable bonds is 5. The van der Waals surface area contributed by atoms with Gasteiger partial charge in [-0.15, -0.1) is 0 Å². The molecule has 0 N–H and O–H groups in total. The van der Waals surface area contributed by atoms with E-state index in [0.29, 0.717) is 6.04 Å². The molecule has 0 aliphatic carbocycles. The Morgan fingerprint density at radius 1 is 1.33 bits per heavy atom. The van der Waals surface area contributed by atoms with Gasteiger partial charge in [0.25, 0.3) is 0 Å². The number of halogens is 3. The van der Waals surface area contributed by atoms with E-state index < -0.39 is 31.4 Å². The van der Waals surface area contributed by atoms with Crippen LogP contribution in [0.2, 0.25) is 19.1 Å². The summed E-state index contributed by atoms with van der Waals surface area (Å²) >= 11 is 0. The Morgan fingerprint density at radius 3 is 2.33 bits per heavy atom. The highest BCUT2D eigenvalue weighted by Gasteiger charge is 2.25.